The van der Waals surface area contributed by atoms with Gasteiger partial charge in [-0.1, -0.05) is 38.1 Å². The fourth-order valence-corrected chi connectivity index (χ4v) is 2.98. The molecule has 0 bridgehead atoms. The van der Waals surface area contributed by atoms with Gasteiger partial charge in [-0.3, -0.25) is 4.79 Å². The maximum absolute atomic E-state index is 12.5. The Hall–Kier alpha value is -2.20. The molecule has 3 N–H and O–H groups in total. The van der Waals surface area contributed by atoms with E-state index in [0.717, 1.165) is 6.42 Å². The van der Waals surface area contributed by atoms with Gasteiger partial charge in [-0.2, -0.15) is 0 Å². The monoisotopic (exact) mass is 360 g/mol. The van der Waals surface area contributed by atoms with E-state index in [0.29, 0.717) is 29.0 Å². The van der Waals surface area contributed by atoms with Crippen molar-refractivity contribution in [2.24, 2.45) is 5.92 Å². The standard InChI is InChI=1S/C20H24N2O2.ClH/c1-12(2)13-4-6-14(7-5-13)16-11-17(16)20(23)22-19-10-15(24-3)8-9-18(19)21;/h4-10,12,16-17H,11,21H2,1-3H3,(H,22,23);1H. The molecule has 4 nitrogen and oxygen atoms in total. The second-order valence-corrected chi connectivity index (χ2v) is 6.71. The number of hydrogen-bond acceptors (Lipinski definition) is 3. The molecule has 0 spiro atoms. The van der Waals surface area contributed by atoms with Gasteiger partial charge >= 0.3 is 0 Å². The number of methoxy groups -OCH3 is 1. The summed E-state index contributed by atoms with van der Waals surface area (Å²) in [5.74, 6) is 1.54. The summed E-state index contributed by atoms with van der Waals surface area (Å²) in [4.78, 5) is 12.5. The van der Waals surface area contributed by atoms with Crippen LogP contribution in [0.4, 0.5) is 11.4 Å². The minimum Gasteiger partial charge on any atom is -0.497 e. The number of carbonyl (C=O) groups excluding carboxylic acids is 1. The van der Waals surface area contributed by atoms with Crippen LogP contribution in [0.3, 0.4) is 0 Å². The van der Waals surface area contributed by atoms with Gasteiger partial charge in [0.1, 0.15) is 5.75 Å². The highest BCUT2D eigenvalue weighted by Crippen LogP contribution is 2.48. The summed E-state index contributed by atoms with van der Waals surface area (Å²) in [5, 5.41) is 2.93. The molecule has 25 heavy (non-hydrogen) atoms. The molecule has 1 fully saturated rings. The lowest BCUT2D eigenvalue weighted by Gasteiger charge is -2.10. The molecule has 0 aromatic heterocycles. The van der Waals surface area contributed by atoms with Crippen LogP contribution in [0.5, 0.6) is 5.75 Å². The fraction of sp³-hybridized carbons (Fsp3) is 0.350. The van der Waals surface area contributed by atoms with E-state index in [1.807, 2.05) is 0 Å². The number of benzene rings is 2. The third-order valence-corrected chi connectivity index (χ3v) is 4.68. The van der Waals surface area contributed by atoms with Crippen molar-refractivity contribution in [3.63, 3.8) is 0 Å². The zero-order valence-electron chi connectivity index (χ0n) is 14.8. The molecular weight excluding hydrogens is 336 g/mol. The number of nitrogens with one attached hydrogen (secondary N) is 1. The first kappa shape index (κ1) is 19.1. The normalized spacial score (nSPS) is 18.4. The molecule has 2 atom stereocenters. The van der Waals surface area contributed by atoms with Crippen LogP contribution in [0.1, 0.15) is 43.2 Å². The maximum atomic E-state index is 12.5. The predicted molar refractivity (Wildman–Crippen MR) is 105 cm³/mol. The molecule has 2 aromatic rings. The Morgan fingerprint density at radius 2 is 1.88 bits per heavy atom. The van der Waals surface area contributed by atoms with Crippen molar-refractivity contribution < 1.29 is 9.53 Å². The average molecular weight is 361 g/mol. The third-order valence-electron chi connectivity index (χ3n) is 4.68. The number of halogens is 1. The van der Waals surface area contributed by atoms with Gasteiger partial charge in [0, 0.05) is 12.0 Å². The van der Waals surface area contributed by atoms with Crippen LogP contribution >= 0.6 is 12.4 Å². The highest BCUT2D eigenvalue weighted by molar-refractivity contribution is 5.97. The van der Waals surface area contributed by atoms with Gasteiger partial charge in [-0.25, -0.2) is 0 Å². The lowest BCUT2D eigenvalue weighted by atomic mass is 10.00. The molecule has 0 radical (unpaired) electrons. The lowest BCUT2D eigenvalue weighted by Crippen LogP contribution is -2.15. The first-order valence-corrected chi connectivity index (χ1v) is 8.34. The number of rotatable bonds is 5. The van der Waals surface area contributed by atoms with Gasteiger partial charge in [-0.05, 0) is 41.5 Å². The highest BCUT2D eigenvalue weighted by Gasteiger charge is 2.44. The zero-order chi connectivity index (χ0) is 17.3. The molecule has 1 aliphatic rings. The SMILES string of the molecule is COc1ccc(N)c(NC(=O)C2CC2c2ccc(C(C)C)cc2)c1.Cl. The van der Waals surface area contributed by atoms with Crippen LogP contribution < -0.4 is 15.8 Å². The first-order chi connectivity index (χ1) is 11.5. The molecule has 1 saturated carbocycles. The predicted octanol–water partition coefficient (Wildman–Crippen LogP) is 4.56. The van der Waals surface area contributed by atoms with E-state index in [4.69, 9.17) is 10.5 Å². The average Bonchev–Trinajstić information content (AvgIpc) is 3.37. The summed E-state index contributed by atoms with van der Waals surface area (Å²) < 4.78 is 5.18. The van der Waals surface area contributed by atoms with E-state index in [-0.39, 0.29) is 24.2 Å². The molecule has 5 heteroatoms. The molecule has 3 rings (SSSR count). The van der Waals surface area contributed by atoms with Crippen molar-refractivity contribution in [3.05, 3.63) is 53.6 Å². The number of anilines is 2. The van der Waals surface area contributed by atoms with E-state index >= 15 is 0 Å². The summed E-state index contributed by atoms with van der Waals surface area (Å²) in [5.41, 5.74) is 9.65. The third kappa shape index (κ3) is 4.26. The molecule has 0 saturated heterocycles. The molecule has 1 aliphatic carbocycles. The van der Waals surface area contributed by atoms with Gasteiger partial charge in [0.05, 0.1) is 18.5 Å². The van der Waals surface area contributed by atoms with Crippen molar-refractivity contribution in [3.8, 4) is 5.75 Å². The smallest absolute Gasteiger partial charge is 0.228 e. The largest absolute Gasteiger partial charge is 0.497 e. The van der Waals surface area contributed by atoms with E-state index in [9.17, 15) is 4.79 Å². The van der Waals surface area contributed by atoms with E-state index in [2.05, 4.69) is 43.4 Å². The van der Waals surface area contributed by atoms with Crippen molar-refractivity contribution in [1.29, 1.82) is 0 Å². The highest BCUT2D eigenvalue weighted by atomic mass is 35.5. The summed E-state index contributed by atoms with van der Waals surface area (Å²) >= 11 is 0. The molecule has 2 unspecified atom stereocenters. The van der Waals surface area contributed by atoms with Crippen LogP contribution in [0.15, 0.2) is 42.5 Å². The van der Waals surface area contributed by atoms with Gasteiger partial charge in [0.2, 0.25) is 5.91 Å². The molecule has 134 valence electrons. The Balaban J connectivity index is 0.00000225. The Kier molecular flexibility index (Phi) is 5.96. The Morgan fingerprint density at radius 3 is 2.48 bits per heavy atom. The molecule has 1 amide bonds. The number of hydrogen-bond donors (Lipinski definition) is 2. The van der Waals surface area contributed by atoms with Crippen LogP contribution in [-0.4, -0.2) is 13.0 Å². The number of ether oxygens (including phenoxy) is 1. The minimum absolute atomic E-state index is 0. The zero-order valence-corrected chi connectivity index (χ0v) is 15.6. The first-order valence-electron chi connectivity index (χ1n) is 8.34. The quantitative estimate of drug-likeness (QED) is 0.768. The summed E-state index contributed by atoms with van der Waals surface area (Å²) in [6.07, 6.45) is 0.886. The Bertz CT molecular complexity index is 744. The van der Waals surface area contributed by atoms with Gasteiger partial charge in [0.25, 0.3) is 0 Å². The molecule has 2 aromatic carbocycles. The lowest BCUT2D eigenvalue weighted by molar-refractivity contribution is -0.117. The van der Waals surface area contributed by atoms with Gasteiger partial charge in [-0.15, -0.1) is 12.4 Å². The van der Waals surface area contributed by atoms with Crippen molar-refractivity contribution in [1.82, 2.24) is 0 Å². The van der Waals surface area contributed by atoms with E-state index < -0.39 is 0 Å². The van der Waals surface area contributed by atoms with Crippen molar-refractivity contribution in [2.45, 2.75) is 32.1 Å². The topological polar surface area (TPSA) is 64.3 Å². The fourth-order valence-electron chi connectivity index (χ4n) is 2.98. The second-order valence-electron chi connectivity index (χ2n) is 6.71. The van der Waals surface area contributed by atoms with Gasteiger partial charge in [0.15, 0.2) is 0 Å². The van der Waals surface area contributed by atoms with Crippen LogP contribution in [-0.2, 0) is 4.79 Å². The molecular formula is C20H25ClN2O2. The van der Waals surface area contributed by atoms with Crippen molar-refractivity contribution in [2.75, 3.05) is 18.2 Å². The van der Waals surface area contributed by atoms with E-state index in [1.165, 1.54) is 11.1 Å². The minimum atomic E-state index is 0. The van der Waals surface area contributed by atoms with E-state index in [1.54, 1.807) is 25.3 Å². The molecule has 0 heterocycles. The Morgan fingerprint density at radius 1 is 1.20 bits per heavy atom. The number of amides is 1. The second kappa shape index (κ2) is 7.79. The number of nitrogen functional groups attached to an aromatic ring is 1. The summed E-state index contributed by atoms with van der Waals surface area (Å²) in [7, 11) is 1.59. The maximum Gasteiger partial charge on any atom is 0.228 e. The summed E-state index contributed by atoms with van der Waals surface area (Å²) in [6, 6.07) is 13.9. The number of nitrogens with two attached hydrogens (primary N) is 1. The number of carbonyl (C=O) groups is 1. The van der Waals surface area contributed by atoms with Crippen LogP contribution in [0, 0.1) is 5.92 Å². The summed E-state index contributed by atoms with van der Waals surface area (Å²) in [6.45, 7) is 4.36. The molecule has 0 aliphatic heterocycles. The van der Waals surface area contributed by atoms with Gasteiger partial charge < -0.3 is 15.8 Å². The van der Waals surface area contributed by atoms with Crippen LogP contribution in [0.25, 0.3) is 0 Å². The van der Waals surface area contributed by atoms with Crippen molar-refractivity contribution >= 4 is 29.7 Å². The Labute approximate surface area is 155 Å². The van der Waals surface area contributed by atoms with Crippen LogP contribution in [0.2, 0.25) is 0 Å².